The summed E-state index contributed by atoms with van der Waals surface area (Å²) in [5, 5.41) is 0. The first-order valence-electron chi connectivity index (χ1n) is 6.78. The average Bonchev–Trinajstić information content (AvgIpc) is 2.52. The van der Waals surface area contributed by atoms with Crippen LogP contribution in [0.15, 0.2) is 0 Å². The van der Waals surface area contributed by atoms with E-state index in [1.165, 1.54) is 38.5 Å². The highest BCUT2D eigenvalue weighted by Crippen LogP contribution is 2.40. The van der Waals surface area contributed by atoms with Crippen molar-refractivity contribution >= 4 is 15.9 Å². The summed E-state index contributed by atoms with van der Waals surface area (Å²) in [5.41, 5.74) is 0.132. The summed E-state index contributed by atoms with van der Waals surface area (Å²) < 4.78 is 6.11. The van der Waals surface area contributed by atoms with Crippen LogP contribution in [0.2, 0.25) is 0 Å². The van der Waals surface area contributed by atoms with E-state index in [-0.39, 0.29) is 5.60 Å². The molecular formula is C14H25BrO. The van der Waals surface area contributed by atoms with Gasteiger partial charge in [0.05, 0.1) is 11.7 Å². The first-order chi connectivity index (χ1) is 7.46. The fourth-order valence-corrected chi connectivity index (χ4v) is 3.98. The number of alkyl halides is 1. The number of hydrogen-bond donors (Lipinski definition) is 0. The molecule has 94 valence electrons. The van der Waals surface area contributed by atoms with E-state index in [1.54, 1.807) is 0 Å². The van der Waals surface area contributed by atoms with Crippen molar-refractivity contribution in [2.75, 3.05) is 0 Å². The highest BCUT2D eigenvalue weighted by atomic mass is 79.9. The van der Waals surface area contributed by atoms with Crippen LogP contribution >= 0.6 is 15.9 Å². The molecule has 0 aromatic heterocycles. The van der Waals surface area contributed by atoms with Crippen molar-refractivity contribution < 1.29 is 4.74 Å². The minimum Gasteiger partial charge on any atom is -0.372 e. The fraction of sp³-hybridized carbons (Fsp3) is 1.00. The van der Waals surface area contributed by atoms with E-state index in [0.717, 1.165) is 16.7 Å². The first kappa shape index (κ1) is 12.9. The Bertz CT molecular complexity index is 239. The largest absolute Gasteiger partial charge is 0.372 e. The van der Waals surface area contributed by atoms with E-state index in [0.29, 0.717) is 6.10 Å². The van der Waals surface area contributed by atoms with Crippen molar-refractivity contribution in [3.05, 3.63) is 0 Å². The fourth-order valence-electron chi connectivity index (χ4n) is 3.29. The van der Waals surface area contributed by atoms with Crippen LogP contribution in [-0.2, 0) is 4.74 Å². The lowest BCUT2D eigenvalue weighted by atomic mass is 9.79. The van der Waals surface area contributed by atoms with Gasteiger partial charge in [0.2, 0.25) is 0 Å². The Morgan fingerprint density at radius 3 is 2.62 bits per heavy atom. The molecule has 1 aliphatic heterocycles. The Kier molecular flexibility index (Phi) is 4.01. The molecule has 2 aliphatic rings. The van der Waals surface area contributed by atoms with Crippen LogP contribution in [0, 0.1) is 11.8 Å². The van der Waals surface area contributed by atoms with Gasteiger partial charge in [-0.25, -0.2) is 0 Å². The molecule has 0 aromatic rings. The SMILES string of the molecule is CC1CCC(Br)C(CC2CCC(C)(C)O2)C1. The number of hydrogen-bond acceptors (Lipinski definition) is 1. The van der Waals surface area contributed by atoms with Crippen LogP contribution in [0.3, 0.4) is 0 Å². The van der Waals surface area contributed by atoms with Crippen molar-refractivity contribution in [1.29, 1.82) is 0 Å². The van der Waals surface area contributed by atoms with Crippen LogP contribution in [-0.4, -0.2) is 16.5 Å². The zero-order valence-electron chi connectivity index (χ0n) is 10.8. The molecule has 0 amide bonds. The standard InChI is InChI=1S/C14H25BrO/c1-10-4-5-13(15)11(8-10)9-12-6-7-14(2,3)16-12/h10-13H,4-9H2,1-3H3. The molecule has 0 aromatic carbocycles. The van der Waals surface area contributed by atoms with E-state index in [4.69, 9.17) is 4.74 Å². The molecule has 2 fully saturated rings. The van der Waals surface area contributed by atoms with Crippen LogP contribution < -0.4 is 0 Å². The minimum atomic E-state index is 0.132. The maximum Gasteiger partial charge on any atom is 0.0631 e. The molecule has 2 heteroatoms. The van der Waals surface area contributed by atoms with Gasteiger partial charge in [0.15, 0.2) is 0 Å². The van der Waals surface area contributed by atoms with Crippen molar-refractivity contribution in [2.45, 2.75) is 75.8 Å². The normalized spacial score (nSPS) is 43.5. The molecule has 4 atom stereocenters. The Hall–Kier alpha value is 0.440. The Morgan fingerprint density at radius 1 is 1.25 bits per heavy atom. The van der Waals surface area contributed by atoms with Gasteiger partial charge in [0.1, 0.15) is 0 Å². The molecule has 0 radical (unpaired) electrons. The van der Waals surface area contributed by atoms with Gasteiger partial charge < -0.3 is 4.74 Å². The van der Waals surface area contributed by atoms with E-state index in [9.17, 15) is 0 Å². The predicted octanol–water partition coefficient (Wildman–Crippen LogP) is 4.53. The third-order valence-corrected chi connectivity index (χ3v) is 5.48. The maximum atomic E-state index is 6.11. The van der Waals surface area contributed by atoms with E-state index >= 15 is 0 Å². The van der Waals surface area contributed by atoms with Crippen LogP contribution in [0.25, 0.3) is 0 Å². The molecule has 1 nitrogen and oxygen atoms in total. The lowest BCUT2D eigenvalue weighted by molar-refractivity contribution is -0.0269. The molecule has 16 heavy (non-hydrogen) atoms. The predicted molar refractivity (Wildman–Crippen MR) is 72.0 cm³/mol. The molecular weight excluding hydrogens is 264 g/mol. The number of halogens is 1. The van der Waals surface area contributed by atoms with Crippen molar-refractivity contribution in [1.82, 2.24) is 0 Å². The molecule has 0 N–H and O–H groups in total. The monoisotopic (exact) mass is 288 g/mol. The zero-order chi connectivity index (χ0) is 11.8. The van der Waals surface area contributed by atoms with E-state index in [2.05, 4.69) is 36.7 Å². The highest BCUT2D eigenvalue weighted by Gasteiger charge is 2.35. The third kappa shape index (κ3) is 3.22. The lowest BCUT2D eigenvalue weighted by Crippen LogP contribution is -2.28. The topological polar surface area (TPSA) is 9.23 Å². The molecule has 0 bridgehead atoms. The molecule has 1 aliphatic carbocycles. The second-order valence-electron chi connectivity index (χ2n) is 6.47. The van der Waals surface area contributed by atoms with Gasteiger partial charge in [-0.1, -0.05) is 22.9 Å². The number of rotatable bonds is 2. The highest BCUT2D eigenvalue weighted by molar-refractivity contribution is 9.09. The summed E-state index contributed by atoms with van der Waals surface area (Å²) in [7, 11) is 0. The Balaban J connectivity index is 1.84. The van der Waals surface area contributed by atoms with Gasteiger partial charge >= 0.3 is 0 Å². The second kappa shape index (κ2) is 4.97. The summed E-state index contributed by atoms with van der Waals surface area (Å²) in [5.74, 6) is 1.75. The molecule has 1 saturated heterocycles. The molecule has 1 saturated carbocycles. The lowest BCUT2D eigenvalue weighted by Gasteiger charge is -2.33. The summed E-state index contributed by atoms with van der Waals surface area (Å²) >= 11 is 3.86. The maximum absolute atomic E-state index is 6.11. The summed E-state index contributed by atoms with van der Waals surface area (Å²) in [6.07, 6.45) is 8.40. The Labute approximate surface area is 108 Å². The average molecular weight is 289 g/mol. The smallest absolute Gasteiger partial charge is 0.0631 e. The van der Waals surface area contributed by atoms with Gasteiger partial charge in [-0.2, -0.15) is 0 Å². The second-order valence-corrected chi connectivity index (χ2v) is 7.64. The summed E-state index contributed by atoms with van der Waals surface area (Å²) in [6.45, 7) is 6.84. The number of ether oxygens (including phenoxy) is 1. The minimum absolute atomic E-state index is 0.132. The summed E-state index contributed by atoms with van der Waals surface area (Å²) in [6, 6.07) is 0. The van der Waals surface area contributed by atoms with Crippen molar-refractivity contribution in [3.63, 3.8) is 0 Å². The van der Waals surface area contributed by atoms with Crippen LogP contribution in [0.1, 0.15) is 59.3 Å². The molecule has 0 spiro atoms. The van der Waals surface area contributed by atoms with Crippen LogP contribution in [0.4, 0.5) is 0 Å². The van der Waals surface area contributed by atoms with Gasteiger partial charge in [-0.05, 0) is 64.2 Å². The Morgan fingerprint density at radius 2 is 2.00 bits per heavy atom. The first-order valence-corrected chi connectivity index (χ1v) is 7.70. The molecule has 1 heterocycles. The van der Waals surface area contributed by atoms with Gasteiger partial charge in [0, 0.05) is 4.83 Å². The summed E-state index contributed by atoms with van der Waals surface area (Å²) in [4.78, 5) is 0.732. The van der Waals surface area contributed by atoms with Crippen LogP contribution in [0.5, 0.6) is 0 Å². The van der Waals surface area contributed by atoms with E-state index < -0.39 is 0 Å². The van der Waals surface area contributed by atoms with Crippen molar-refractivity contribution in [3.8, 4) is 0 Å². The zero-order valence-corrected chi connectivity index (χ0v) is 12.4. The van der Waals surface area contributed by atoms with Gasteiger partial charge in [0.25, 0.3) is 0 Å². The molecule has 4 unspecified atom stereocenters. The van der Waals surface area contributed by atoms with Crippen molar-refractivity contribution in [2.24, 2.45) is 11.8 Å². The van der Waals surface area contributed by atoms with Gasteiger partial charge in [-0.15, -0.1) is 0 Å². The van der Waals surface area contributed by atoms with Gasteiger partial charge in [-0.3, -0.25) is 0 Å². The quantitative estimate of drug-likeness (QED) is 0.678. The molecule has 2 rings (SSSR count). The van der Waals surface area contributed by atoms with E-state index in [1.807, 2.05) is 0 Å². The third-order valence-electron chi connectivity index (χ3n) is 4.27.